The fourth-order valence-electron chi connectivity index (χ4n) is 4.14. The molecule has 1 amide bonds. The SMILES string of the molecule is Cc1c(N(C)S(=O)(=O)c2cc(C(=O)NCC3CCCO3)ccc2Cl)c(=O)n(-c2ccccc2)n1C. The predicted octanol–water partition coefficient (Wildman–Crippen LogP) is 2.87. The molecule has 1 unspecified atom stereocenters. The Kier molecular flexibility index (Phi) is 7.07. The molecule has 2 aromatic carbocycles. The molecule has 11 heteroatoms. The van der Waals surface area contributed by atoms with Crippen molar-refractivity contribution in [2.75, 3.05) is 24.5 Å². The van der Waals surface area contributed by atoms with E-state index < -0.39 is 21.5 Å². The van der Waals surface area contributed by atoms with E-state index in [1.165, 1.54) is 29.9 Å². The number of anilines is 1. The summed E-state index contributed by atoms with van der Waals surface area (Å²) < 4.78 is 36.6. The Morgan fingerprint density at radius 2 is 1.94 bits per heavy atom. The lowest BCUT2D eigenvalue weighted by Crippen LogP contribution is -2.33. The van der Waals surface area contributed by atoms with E-state index in [1.807, 2.05) is 6.07 Å². The maximum absolute atomic E-state index is 13.6. The molecule has 1 fully saturated rings. The van der Waals surface area contributed by atoms with Crippen molar-refractivity contribution in [2.24, 2.45) is 7.05 Å². The first-order valence-electron chi connectivity index (χ1n) is 11.1. The molecule has 35 heavy (non-hydrogen) atoms. The highest BCUT2D eigenvalue weighted by Crippen LogP contribution is 2.29. The number of nitrogens with zero attached hydrogens (tertiary/aromatic N) is 3. The summed E-state index contributed by atoms with van der Waals surface area (Å²) >= 11 is 6.26. The monoisotopic (exact) mass is 518 g/mol. The highest BCUT2D eigenvalue weighted by Gasteiger charge is 2.31. The lowest BCUT2D eigenvalue weighted by atomic mass is 10.2. The van der Waals surface area contributed by atoms with E-state index in [2.05, 4.69) is 5.32 Å². The second-order valence-electron chi connectivity index (χ2n) is 8.37. The van der Waals surface area contributed by atoms with Gasteiger partial charge in [0.2, 0.25) is 0 Å². The van der Waals surface area contributed by atoms with Gasteiger partial charge in [-0.05, 0) is 50.1 Å². The number of carbonyl (C=O) groups is 1. The molecule has 4 rings (SSSR count). The molecule has 0 aliphatic carbocycles. The zero-order chi connectivity index (χ0) is 25.3. The van der Waals surface area contributed by atoms with Gasteiger partial charge in [0.15, 0.2) is 0 Å². The Morgan fingerprint density at radius 3 is 2.60 bits per heavy atom. The van der Waals surface area contributed by atoms with Gasteiger partial charge in [-0.2, -0.15) is 0 Å². The Labute approximate surface area is 208 Å². The summed E-state index contributed by atoms with van der Waals surface area (Å²) in [5, 5.41) is 2.72. The van der Waals surface area contributed by atoms with Crippen molar-refractivity contribution < 1.29 is 17.9 Å². The van der Waals surface area contributed by atoms with E-state index in [4.69, 9.17) is 16.3 Å². The van der Waals surface area contributed by atoms with Crippen molar-refractivity contribution in [1.29, 1.82) is 0 Å². The van der Waals surface area contributed by atoms with Gasteiger partial charge < -0.3 is 10.1 Å². The summed E-state index contributed by atoms with van der Waals surface area (Å²) in [7, 11) is -1.29. The quantitative estimate of drug-likeness (QED) is 0.518. The summed E-state index contributed by atoms with van der Waals surface area (Å²) in [6.45, 7) is 2.67. The normalized spacial score (nSPS) is 15.8. The van der Waals surface area contributed by atoms with E-state index >= 15 is 0 Å². The molecule has 186 valence electrons. The van der Waals surface area contributed by atoms with Crippen LogP contribution < -0.4 is 15.2 Å². The topological polar surface area (TPSA) is 103 Å². The van der Waals surface area contributed by atoms with E-state index in [0.717, 1.165) is 17.1 Å². The van der Waals surface area contributed by atoms with Crippen LogP contribution in [0, 0.1) is 6.92 Å². The number of benzene rings is 2. The van der Waals surface area contributed by atoms with Crippen LogP contribution in [0.25, 0.3) is 5.69 Å². The first-order chi connectivity index (χ1) is 16.6. The third-order valence-electron chi connectivity index (χ3n) is 6.18. The number of halogens is 1. The lowest BCUT2D eigenvalue weighted by molar-refractivity contribution is 0.0857. The van der Waals surface area contributed by atoms with Crippen molar-refractivity contribution in [2.45, 2.75) is 30.8 Å². The second-order valence-corrected chi connectivity index (χ2v) is 10.7. The van der Waals surface area contributed by atoms with Gasteiger partial charge in [-0.1, -0.05) is 29.8 Å². The van der Waals surface area contributed by atoms with Crippen LogP contribution in [-0.2, 0) is 21.8 Å². The molecule has 0 radical (unpaired) electrons. The Hall–Kier alpha value is -3.08. The summed E-state index contributed by atoms with van der Waals surface area (Å²) in [5.74, 6) is -0.432. The Morgan fingerprint density at radius 1 is 1.23 bits per heavy atom. The average Bonchev–Trinajstić information content (AvgIpc) is 3.44. The molecule has 3 aromatic rings. The van der Waals surface area contributed by atoms with Crippen LogP contribution in [-0.4, -0.2) is 50.0 Å². The molecule has 1 N–H and O–H groups in total. The second kappa shape index (κ2) is 9.88. The molecule has 0 saturated carbocycles. The van der Waals surface area contributed by atoms with Crippen LogP contribution >= 0.6 is 11.6 Å². The van der Waals surface area contributed by atoms with Gasteiger partial charge in [-0.15, -0.1) is 0 Å². The zero-order valence-corrected chi connectivity index (χ0v) is 21.3. The number of carbonyl (C=O) groups excluding carboxylic acids is 1. The van der Waals surface area contributed by atoms with Gasteiger partial charge >= 0.3 is 0 Å². The number of sulfonamides is 1. The molecule has 0 spiro atoms. The molecular weight excluding hydrogens is 492 g/mol. The van der Waals surface area contributed by atoms with Crippen LogP contribution in [0.1, 0.15) is 28.9 Å². The fourth-order valence-corrected chi connectivity index (χ4v) is 5.89. The van der Waals surface area contributed by atoms with Crippen molar-refractivity contribution in [3.63, 3.8) is 0 Å². The van der Waals surface area contributed by atoms with Crippen LogP contribution in [0.3, 0.4) is 0 Å². The van der Waals surface area contributed by atoms with Gasteiger partial charge in [0.1, 0.15) is 10.6 Å². The molecule has 1 aliphatic heterocycles. The third kappa shape index (κ3) is 4.73. The van der Waals surface area contributed by atoms with Gasteiger partial charge in [-0.3, -0.25) is 18.6 Å². The summed E-state index contributed by atoms with van der Waals surface area (Å²) in [6, 6.07) is 13.0. The fraction of sp³-hybridized carbons (Fsp3) is 0.333. The van der Waals surface area contributed by atoms with Crippen molar-refractivity contribution in [3.05, 3.63) is 75.2 Å². The number of para-hydroxylation sites is 1. The number of rotatable bonds is 7. The van der Waals surface area contributed by atoms with Gasteiger partial charge in [0, 0.05) is 32.8 Å². The van der Waals surface area contributed by atoms with Gasteiger partial charge in [0.25, 0.3) is 21.5 Å². The average molecular weight is 519 g/mol. The molecular formula is C24H27ClN4O5S. The van der Waals surface area contributed by atoms with Crippen molar-refractivity contribution >= 4 is 33.2 Å². The molecule has 1 aliphatic rings. The number of ether oxygens (including phenoxy) is 1. The Bertz CT molecular complexity index is 1410. The summed E-state index contributed by atoms with van der Waals surface area (Å²) in [5.41, 5.74) is 0.685. The smallest absolute Gasteiger partial charge is 0.296 e. The minimum absolute atomic E-state index is 0.0133. The number of hydrogen-bond acceptors (Lipinski definition) is 5. The summed E-state index contributed by atoms with van der Waals surface area (Å²) in [4.78, 5) is 25.7. The predicted molar refractivity (Wildman–Crippen MR) is 134 cm³/mol. The Balaban J connectivity index is 1.68. The minimum Gasteiger partial charge on any atom is -0.376 e. The number of amides is 1. The van der Waals surface area contributed by atoms with Crippen LogP contribution in [0.15, 0.2) is 58.2 Å². The highest BCUT2D eigenvalue weighted by molar-refractivity contribution is 7.93. The van der Waals surface area contributed by atoms with Crippen molar-refractivity contribution in [3.8, 4) is 5.69 Å². The van der Waals surface area contributed by atoms with Gasteiger partial charge in [0.05, 0.1) is 22.5 Å². The minimum atomic E-state index is -4.27. The molecule has 1 atom stereocenters. The van der Waals surface area contributed by atoms with E-state index in [9.17, 15) is 18.0 Å². The van der Waals surface area contributed by atoms with Crippen molar-refractivity contribution in [1.82, 2.24) is 14.7 Å². The standard InChI is InChI=1S/C24H27ClN4O5S/c1-16-22(24(31)29(27(16)2)18-8-5-4-6-9-18)28(3)35(32,33)21-14-17(11-12-20(21)25)23(30)26-15-19-10-7-13-34-19/h4-6,8-9,11-12,14,19H,7,10,13,15H2,1-3H3,(H,26,30). The van der Waals surface area contributed by atoms with E-state index in [-0.39, 0.29) is 27.3 Å². The molecule has 2 heterocycles. The molecule has 1 aromatic heterocycles. The maximum Gasteiger partial charge on any atom is 0.296 e. The molecule has 9 nitrogen and oxygen atoms in total. The molecule has 1 saturated heterocycles. The number of aromatic nitrogens is 2. The van der Waals surface area contributed by atoms with Gasteiger partial charge in [-0.25, -0.2) is 13.1 Å². The number of hydrogen-bond donors (Lipinski definition) is 1. The summed E-state index contributed by atoms with van der Waals surface area (Å²) in [6.07, 6.45) is 1.76. The molecule has 0 bridgehead atoms. The van der Waals surface area contributed by atoms with Crippen LogP contribution in [0.4, 0.5) is 5.69 Å². The third-order valence-corrected chi connectivity index (χ3v) is 8.42. The van der Waals surface area contributed by atoms with Crippen LogP contribution in [0.2, 0.25) is 5.02 Å². The number of nitrogens with one attached hydrogen (secondary N) is 1. The maximum atomic E-state index is 13.6. The highest BCUT2D eigenvalue weighted by atomic mass is 35.5. The first-order valence-corrected chi connectivity index (χ1v) is 13.0. The van der Waals surface area contributed by atoms with E-state index in [0.29, 0.717) is 24.5 Å². The largest absolute Gasteiger partial charge is 0.376 e. The van der Waals surface area contributed by atoms with Crippen LogP contribution in [0.5, 0.6) is 0 Å². The van der Waals surface area contributed by atoms with E-state index in [1.54, 1.807) is 42.9 Å². The zero-order valence-electron chi connectivity index (χ0n) is 19.7. The first kappa shape index (κ1) is 25.0. The lowest BCUT2D eigenvalue weighted by Gasteiger charge is -2.19.